The average Bonchev–Trinajstić information content (AvgIpc) is 3.11. The van der Waals surface area contributed by atoms with Crippen molar-refractivity contribution < 1.29 is 4.79 Å². The number of amides is 2. The monoisotopic (exact) mass is 235 g/mol. The third kappa shape index (κ3) is 1.57. The number of aliphatic imine (C=N–C) groups is 1. The fourth-order valence-electron chi connectivity index (χ4n) is 3.47. The lowest BCUT2D eigenvalue weighted by Crippen LogP contribution is -2.56. The highest BCUT2D eigenvalue weighted by Gasteiger charge is 2.54. The molecule has 1 spiro atoms. The molecule has 2 N–H and O–H groups in total. The van der Waals surface area contributed by atoms with E-state index < -0.39 is 0 Å². The van der Waals surface area contributed by atoms with Crippen LogP contribution in [0.5, 0.6) is 0 Å². The SMILES string of the molecule is CCC1CCC2(CC1)C(N)=NC(=O)N2C1CC1. The maximum atomic E-state index is 11.9. The molecule has 0 aromatic rings. The van der Waals surface area contributed by atoms with Crippen molar-refractivity contribution in [3.63, 3.8) is 0 Å². The third-order valence-corrected chi connectivity index (χ3v) is 4.78. The second kappa shape index (κ2) is 3.72. The van der Waals surface area contributed by atoms with Crippen molar-refractivity contribution in [1.82, 2.24) is 4.90 Å². The minimum absolute atomic E-state index is 0.0834. The molecule has 3 aliphatic rings. The van der Waals surface area contributed by atoms with Crippen LogP contribution in [0.4, 0.5) is 4.79 Å². The molecule has 2 aliphatic carbocycles. The summed E-state index contributed by atoms with van der Waals surface area (Å²) in [7, 11) is 0. The Morgan fingerprint density at radius 1 is 1.35 bits per heavy atom. The highest BCUT2D eigenvalue weighted by Crippen LogP contribution is 2.45. The predicted molar refractivity (Wildman–Crippen MR) is 66.9 cm³/mol. The Labute approximate surface area is 102 Å². The fraction of sp³-hybridized carbons (Fsp3) is 0.846. The van der Waals surface area contributed by atoms with Crippen molar-refractivity contribution in [2.75, 3.05) is 0 Å². The predicted octanol–water partition coefficient (Wildman–Crippen LogP) is 2.28. The zero-order valence-electron chi connectivity index (χ0n) is 10.5. The largest absolute Gasteiger partial charge is 0.385 e. The third-order valence-electron chi connectivity index (χ3n) is 4.78. The first-order valence-electron chi connectivity index (χ1n) is 6.85. The highest BCUT2D eigenvalue weighted by molar-refractivity contribution is 6.06. The molecular formula is C13H21N3O. The first-order valence-corrected chi connectivity index (χ1v) is 6.85. The van der Waals surface area contributed by atoms with E-state index in [2.05, 4.69) is 11.9 Å². The van der Waals surface area contributed by atoms with E-state index in [0.29, 0.717) is 11.9 Å². The molecule has 17 heavy (non-hydrogen) atoms. The van der Waals surface area contributed by atoms with Crippen molar-refractivity contribution >= 4 is 11.9 Å². The van der Waals surface area contributed by atoms with Gasteiger partial charge in [-0.15, -0.1) is 0 Å². The van der Waals surface area contributed by atoms with Gasteiger partial charge < -0.3 is 10.6 Å². The van der Waals surface area contributed by atoms with Crippen molar-refractivity contribution in [3.05, 3.63) is 0 Å². The van der Waals surface area contributed by atoms with Gasteiger partial charge in [0.15, 0.2) is 0 Å². The van der Waals surface area contributed by atoms with E-state index in [0.717, 1.165) is 31.6 Å². The van der Waals surface area contributed by atoms with Crippen LogP contribution in [0.3, 0.4) is 0 Å². The van der Waals surface area contributed by atoms with E-state index in [1.807, 2.05) is 4.90 Å². The molecule has 0 radical (unpaired) electrons. The van der Waals surface area contributed by atoms with Crippen LogP contribution >= 0.6 is 0 Å². The normalized spacial score (nSPS) is 37.7. The van der Waals surface area contributed by atoms with Gasteiger partial charge in [0.1, 0.15) is 11.4 Å². The Hall–Kier alpha value is -1.06. The highest BCUT2D eigenvalue weighted by atomic mass is 16.2. The summed E-state index contributed by atoms with van der Waals surface area (Å²) in [6, 6.07) is 0.338. The van der Waals surface area contributed by atoms with Crippen LogP contribution in [0.2, 0.25) is 0 Å². The molecule has 3 rings (SSSR count). The minimum Gasteiger partial charge on any atom is -0.385 e. The average molecular weight is 235 g/mol. The molecule has 0 saturated heterocycles. The summed E-state index contributed by atoms with van der Waals surface area (Å²) >= 11 is 0. The van der Waals surface area contributed by atoms with E-state index >= 15 is 0 Å². The molecule has 94 valence electrons. The zero-order valence-corrected chi connectivity index (χ0v) is 10.5. The van der Waals surface area contributed by atoms with Crippen LogP contribution in [0.25, 0.3) is 0 Å². The smallest absolute Gasteiger partial charge is 0.346 e. The summed E-state index contributed by atoms with van der Waals surface area (Å²) < 4.78 is 0. The summed E-state index contributed by atoms with van der Waals surface area (Å²) in [5, 5.41) is 0. The molecule has 2 amide bonds. The number of carbonyl (C=O) groups is 1. The Morgan fingerprint density at radius 2 is 2.00 bits per heavy atom. The van der Waals surface area contributed by atoms with Gasteiger partial charge in [-0.2, -0.15) is 4.99 Å². The number of nitrogens with zero attached hydrogens (tertiary/aromatic N) is 2. The number of carbonyl (C=O) groups excluding carboxylic acids is 1. The standard InChI is InChI=1S/C13H21N3O/c1-2-9-5-7-13(8-6-9)11(14)15-12(17)16(13)10-3-4-10/h9-10H,2-8H2,1H3,(H2,14,15,17). The maximum absolute atomic E-state index is 11.9. The molecule has 4 nitrogen and oxygen atoms in total. The van der Waals surface area contributed by atoms with Gasteiger partial charge in [-0.05, 0) is 44.4 Å². The van der Waals surface area contributed by atoms with E-state index in [-0.39, 0.29) is 11.6 Å². The molecule has 2 fully saturated rings. The van der Waals surface area contributed by atoms with E-state index in [1.165, 1.54) is 19.3 Å². The fourth-order valence-corrected chi connectivity index (χ4v) is 3.47. The lowest BCUT2D eigenvalue weighted by Gasteiger charge is -2.43. The molecule has 0 bridgehead atoms. The van der Waals surface area contributed by atoms with Gasteiger partial charge in [0.05, 0.1) is 0 Å². The number of hydrogen-bond donors (Lipinski definition) is 1. The van der Waals surface area contributed by atoms with Gasteiger partial charge in [0, 0.05) is 6.04 Å². The summed E-state index contributed by atoms with van der Waals surface area (Å²) in [5.74, 6) is 1.40. The Balaban J connectivity index is 1.84. The number of rotatable bonds is 2. The number of hydrogen-bond acceptors (Lipinski definition) is 2. The molecule has 0 aromatic heterocycles. The van der Waals surface area contributed by atoms with E-state index in [9.17, 15) is 4.79 Å². The van der Waals surface area contributed by atoms with Crippen LogP contribution in [0.1, 0.15) is 51.9 Å². The molecule has 1 aliphatic heterocycles. The lowest BCUT2D eigenvalue weighted by atomic mass is 9.74. The number of urea groups is 1. The summed E-state index contributed by atoms with van der Waals surface area (Å²) in [5.41, 5.74) is 5.86. The second-order valence-electron chi connectivity index (χ2n) is 5.76. The first-order chi connectivity index (χ1) is 8.17. The first kappa shape index (κ1) is 11.1. The minimum atomic E-state index is -0.204. The van der Waals surface area contributed by atoms with Gasteiger partial charge in [0.25, 0.3) is 0 Å². The van der Waals surface area contributed by atoms with Crippen LogP contribution in [-0.4, -0.2) is 28.3 Å². The van der Waals surface area contributed by atoms with E-state index in [4.69, 9.17) is 5.73 Å². The van der Waals surface area contributed by atoms with Crippen molar-refractivity contribution in [2.45, 2.75) is 63.5 Å². The van der Waals surface area contributed by atoms with Crippen molar-refractivity contribution in [2.24, 2.45) is 16.6 Å². The summed E-state index contributed by atoms with van der Waals surface area (Å²) in [4.78, 5) is 18.0. The summed E-state index contributed by atoms with van der Waals surface area (Å²) in [6.45, 7) is 2.25. The molecule has 0 aromatic carbocycles. The Morgan fingerprint density at radius 3 is 2.53 bits per heavy atom. The molecule has 0 atom stereocenters. The van der Waals surface area contributed by atoms with Gasteiger partial charge >= 0.3 is 6.03 Å². The van der Waals surface area contributed by atoms with Crippen molar-refractivity contribution in [3.8, 4) is 0 Å². The lowest BCUT2D eigenvalue weighted by molar-refractivity contribution is 0.120. The molecule has 2 saturated carbocycles. The maximum Gasteiger partial charge on any atom is 0.346 e. The molecule has 1 heterocycles. The van der Waals surface area contributed by atoms with Gasteiger partial charge in [-0.25, -0.2) is 4.79 Å². The van der Waals surface area contributed by atoms with Gasteiger partial charge in [0.2, 0.25) is 0 Å². The topological polar surface area (TPSA) is 58.7 Å². The second-order valence-corrected chi connectivity index (χ2v) is 5.76. The van der Waals surface area contributed by atoms with Crippen LogP contribution in [0, 0.1) is 5.92 Å². The summed E-state index contributed by atoms with van der Waals surface area (Å²) in [6.07, 6.45) is 7.91. The van der Waals surface area contributed by atoms with Gasteiger partial charge in [-0.1, -0.05) is 13.3 Å². The quantitative estimate of drug-likeness (QED) is 0.798. The zero-order chi connectivity index (χ0) is 12.0. The number of nitrogens with two attached hydrogens (primary N) is 1. The van der Waals surface area contributed by atoms with E-state index in [1.54, 1.807) is 0 Å². The van der Waals surface area contributed by atoms with Crippen LogP contribution in [0.15, 0.2) is 4.99 Å². The molecule has 0 unspecified atom stereocenters. The molecule has 4 heteroatoms. The Kier molecular flexibility index (Phi) is 2.42. The molecular weight excluding hydrogens is 214 g/mol. The number of amidine groups is 1. The van der Waals surface area contributed by atoms with Crippen LogP contribution < -0.4 is 5.73 Å². The van der Waals surface area contributed by atoms with Gasteiger partial charge in [-0.3, -0.25) is 0 Å². The Bertz CT molecular complexity index is 365. The van der Waals surface area contributed by atoms with Crippen LogP contribution in [-0.2, 0) is 0 Å². The van der Waals surface area contributed by atoms with Crippen molar-refractivity contribution in [1.29, 1.82) is 0 Å².